The molecule has 0 aliphatic rings. The van der Waals surface area contributed by atoms with Gasteiger partial charge in [-0.1, -0.05) is 12.1 Å². The lowest BCUT2D eigenvalue weighted by atomic mass is 10.00. The number of aryl methyl sites for hydroxylation is 4. The fourth-order valence-corrected chi connectivity index (χ4v) is 3.39. The Kier molecular flexibility index (Phi) is 3.20. The Morgan fingerprint density at radius 1 is 0.917 bits per heavy atom. The van der Waals surface area contributed by atoms with Gasteiger partial charge >= 0.3 is 0 Å². The smallest absolute Gasteiger partial charge is 0.216 e. The Labute approximate surface area is 140 Å². The predicted octanol–water partition coefficient (Wildman–Crippen LogP) is 5.14. The Balaban J connectivity index is 2.13. The summed E-state index contributed by atoms with van der Waals surface area (Å²) in [7, 11) is 2.03. The van der Waals surface area contributed by atoms with Crippen LogP contribution in [0, 0.1) is 26.6 Å². The lowest BCUT2D eigenvalue weighted by Gasteiger charge is -2.05. The van der Waals surface area contributed by atoms with Gasteiger partial charge in [-0.25, -0.2) is 8.96 Å². The van der Waals surface area contributed by atoms with Crippen LogP contribution in [0.2, 0.25) is 0 Å². The molecule has 4 aromatic rings. The number of pyridine rings is 1. The number of fused-ring (bicyclic) bond motifs is 3. The Hall–Kier alpha value is -2.68. The van der Waals surface area contributed by atoms with E-state index in [1.165, 1.54) is 11.6 Å². The molecule has 0 aliphatic heterocycles. The monoisotopic (exact) mass is 320 g/mol. The molecule has 0 spiro atoms. The molecular formula is C21H19FNO+. The average molecular weight is 320 g/mol. The van der Waals surface area contributed by atoms with Crippen LogP contribution >= 0.6 is 0 Å². The zero-order chi connectivity index (χ0) is 17.0. The first-order valence-corrected chi connectivity index (χ1v) is 8.04. The summed E-state index contributed by atoms with van der Waals surface area (Å²) in [4.78, 5) is 0. The van der Waals surface area contributed by atoms with Gasteiger partial charge < -0.3 is 4.42 Å². The highest BCUT2D eigenvalue weighted by Gasteiger charge is 2.20. The van der Waals surface area contributed by atoms with E-state index in [1.54, 1.807) is 6.92 Å². The van der Waals surface area contributed by atoms with Crippen molar-refractivity contribution in [2.75, 3.05) is 0 Å². The van der Waals surface area contributed by atoms with Crippen molar-refractivity contribution >= 4 is 21.9 Å². The molecule has 0 fully saturated rings. The van der Waals surface area contributed by atoms with Gasteiger partial charge in [-0.05, 0) is 44.0 Å². The Morgan fingerprint density at radius 2 is 1.71 bits per heavy atom. The first kappa shape index (κ1) is 14.9. The van der Waals surface area contributed by atoms with Gasteiger partial charge in [-0.3, -0.25) is 0 Å². The van der Waals surface area contributed by atoms with E-state index in [0.717, 1.165) is 33.2 Å². The van der Waals surface area contributed by atoms with Gasteiger partial charge in [0.05, 0.1) is 5.56 Å². The third-order valence-electron chi connectivity index (χ3n) is 4.67. The molecule has 3 heteroatoms. The van der Waals surface area contributed by atoms with Crippen molar-refractivity contribution in [1.29, 1.82) is 0 Å². The van der Waals surface area contributed by atoms with Crippen molar-refractivity contribution in [3.05, 3.63) is 65.1 Å². The Bertz CT molecular complexity index is 1110. The molecule has 0 aliphatic carbocycles. The van der Waals surface area contributed by atoms with Gasteiger partial charge in [0.1, 0.15) is 24.0 Å². The molecule has 120 valence electrons. The van der Waals surface area contributed by atoms with E-state index >= 15 is 0 Å². The summed E-state index contributed by atoms with van der Waals surface area (Å²) in [6.07, 6.45) is 2.10. The van der Waals surface area contributed by atoms with Crippen molar-refractivity contribution in [3.63, 3.8) is 0 Å². The van der Waals surface area contributed by atoms with E-state index in [0.29, 0.717) is 11.1 Å². The molecule has 0 saturated carbocycles. The number of aromatic nitrogens is 1. The summed E-state index contributed by atoms with van der Waals surface area (Å²) in [6, 6.07) is 11.7. The topological polar surface area (TPSA) is 17.0 Å². The maximum absolute atomic E-state index is 13.9. The van der Waals surface area contributed by atoms with Gasteiger partial charge in [-0.2, -0.15) is 0 Å². The molecule has 0 N–H and O–H groups in total. The molecule has 2 heterocycles. The largest absolute Gasteiger partial charge is 0.455 e. The summed E-state index contributed by atoms with van der Waals surface area (Å²) in [5.74, 6) is -0.235. The summed E-state index contributed by atoms with van der Waals surface area (Å²) < 4.78 is 22.1. The summed E-state index contributed by atoms with van der Waals surface area (Å²) in [5, 5.41) is 1.98. The third-order valence-corrected chi connectivity index (χ3v) is 4.67. The van der Waals surface area contributed by atoms with Gasteiger partial charge in [0.25, 0.3) is 0 Å². The van der Waals surface area contributed by atoms with E-state index in [2.05, 4.69) is 48.9 Å². The lowest BCUT2D eigenvalue weighted by molar-refractivity contribution is -0.660. The second-order valence-electron chi connectivity index (χ2n) is 6.54. The zero-order valence-corrected chi connectivity index (χ0v) is 14.3. The number of hydrogen-bond donors (Lipinski definition) is 0. The molecule has 4 rings (SSSR count). The molecule has 0 bridgehead atoms. The van der Waals surface area contributed by atoms with Crippen molar-refractivity contribution in [2.45, 2.75) is 20.8 Å². The van der Waals surface area contributed by atoms with Crippen molar-refractivity contribution < 1.29 is 13.4 Å². The number of rotatable bonds is 1. The maximum atomic E-state index is 13.9. The molecule has 2 nitrogen and oxygen atoms in total. The number of nitrogens with zero attached hydrogens (tertiary/aromatic N) is 1. The van der Waals surface area contributed by atoms with Crippen LogP contribution in [-0.2, 0) is 7.05 Å². The van der Waals surface area contributed by atoms with Crippen molar-refractivity contribution in [3.8, 4) is 11.3 Å². The van der Waals surface area contributed by atoms with Crippen LogP contribution in [0.5, 0.6) is 0 Å². The first-order chi connectivity index (χ1) is 11.5. The van der Waals surface area contributed by atoms with Gasteiger partial charge in [0.15, 0.2) is 6.20 Å². The molecule has 2 aromatic carbocycles. The second-order valence-corrected chi connectivity index (χ2v) is 6.54. The molecule has 0 radical (unpaired) electrons. The molecule has 24 heavy (non-hydrogen) atoms. The van der Waals surface area contributed by atoms with Crippen LogP contribution in [-0.4, -0.2) is 0 Å². The molecule has 0 atom stereocenters. The Morgan fingerprint density at radius 3 is 2.46 bits per heavy atom. The standard InChI is InChI=1S/C21H19FNO/c1-12-5-8-18(23(4)11-12)20-13(2)6-7-15-16-9-14(3)17(22)10-19(16)24-21(15)20/h5-11H,1-4H3/q+1. The summed E-state index contributed by atoms with van der Waals surface area (Å²) in [5.41, 5.74) is 6.52. The average Bonchev–Trinajstić information content (AvgIpc) is 2.86. The quantitative estimate of drug-likeness (QED) is 0.444. The summed E-state index contributed by atoms with van der Waals surface area (Å²) >= 11 is 0. The second kappa shape index (κ2) is 5.17. The predicted molar refractivity (Wildman–Crippen MR) is 94.5 cm³/mol. The third kappa shape index (κ3) is 2.12. The lowest BCUT2D eigenvalue weighted by Crippen LogP contribution is -2.31. The van der Waals surface area contributed by atoms with Gasteiger partial charge in [-0.15, -0.1) is 0 Å². The van der Waals surface area contributed by atoms with E-state index in [9.17, 15) is 4.39 Å². The zero-order valence-electron chi connectivity index (χ0n) is 14.3. The van der Waals surface area contributed by atoms with Crippen LogP contribution in [0.3, 0.4) is 0 Å². The van der Waals surface area contributed by atoms with Crippen LogP contribution in [0.1, 0.15) is 16.7 Å². The molecule has 0 saturated heterocycles. The SMILES string of the molecule is Cc1ccc(-c2c(C)ccc3c2oc2cc(F)c(C)cc23)[n+](C)c1. The highest BCUT2D eigenvalue weighted by Crippen LogP contribution is 2.37. The highest BCUT2D eigenvalue weighted by molar-refractivity contribution is 6.09. The van der Waals surface area contributed by atoms with Crippen molar-refractivity contribution in [1.82, 2.24) is 0 Å². The van der Waals surface area contributed by atoms with Crippen LogP contribution in [0.15, 0.2) is 47.0 Å². The minimum atomic E-state index is -0.235. The van der Waals surface area contributed by atoms with Crippen LogP contribution < -0.4 is 4.57 Å². The number of furan rings is 1. The fourth-order valence-electron chi connectivity index (χ4n) is 3.39. The first-order valence-electron chi connectivity index (χ1n) is 8.04. The van der Waals surface area contributed by atoms with Crippen LogP contribution in [0.4, 0.5) is 4.39 Å². The van der Waals surface area contributed by atoms with E-state index in [-0.39, 0.29) is 5.82 Å². The molecule has 2 aromatic heterocycles. The van der Waals surface area contributed by atoms with E-state index in [1.807, 2.05) is 13.1 Å². The van der Waals surface area contributed by atoms with Crippen molar-refractivity contribution in [2.24, 2.45) is 7.05 Å². The fraction of sp³-hybridized carbons (Fsp3) is 0.190. The van der Waals surface area contributed by atoms with Gasteiger partial charge in [0.2, 0.25) is 5.69 Å². The van der Waals surface area contributed by atoms with E-state index < -0.39 is 0 Å². The molecule has 0 amide bonds. The summed E-state index contributed by atoms with van der Waals surface area (Å²) in [6.45, 7) is 5.93. The number of halogens is 1. The van der Waals surface area contributed by atoms with Gasteiger partial charge in [0, 0.05) is 28.5 Å². The molecule has 0 unspecified atom stereocenters. The minimum absolute atomic E-state index is 0.235. The van der Waals surface area contributed by atoms with E-state index in [4.69, 9.17) is 4.42 Å². The van der Waals surface area contributed by atoms with Crippen LogP contribution in [0.25, 0.3) is 33.2 Å². The molecular weight excluding hydrogens is 301 g/mol. The maximum Gasteiger partial charge on any atom is 0.216 e. The minimum Gasteiger partial charge on any atom is -0.455 e. The normalized spacial score (nSPS) is 11.5. The highest BCUT2D eigenvalue weighted by atomic mass is 19.1. The number of hydrogen-bond acceptors (Lipinski definition) is 1. The number of benzene rings is 2.